The second-order valence-electron chi connectivity index (χ2n) is 4.38. The molecule has 0 saturated carbocycles. The molecule has 2 aromatic carbocycles. The van der Waals surface area contributed by atoms with Crippen LogP contribution in [-0.4, -0.2) is 5.11 Å². The number of halogens is 3. The molecule has 1 unspecified atom stereocenters. The highest BCUT2D eigenvalue weighted by atomic mass is 35.5. The number of aliphatic hydroxyl groups is 1. The van der Waals surface area contributed by atoms with Gasteiger partial charge in [-0.25, -0.2) is 8.78 Å². The normalized spacial score (nSPS) is 12.7. The molecular weight excluding hydrogens is 270 g/mol. The summed E-state index contributed by atoms with van der Waals surface area (Å²) in [6.45, 7) is 1.86. The molecule has 0 saturated heterocycles. The molecule has 1 atom stereocenters. The first-order chi connectivity index (χ1) is 8.99. The van der Waals surface area contributed by atoms with E-state index in [2.05, 4.69) is 0 Å². The Labute approximate surface area is 115 Å². The van der Waals surface area contributed by atoms with Crippen molar-refractivity contribution in [3.05, 3.63) is 69.7 Å². The van der Waals surface area contributed by atoms with Crippen LogP contribution in [0.15, 0.2) is 42.5 Å². The number of hydrogen-bond acceptors (Lipinski definition) is 1. The van der Waals surface area contributed by atoms with Gasteiger partial charge in [-0.2, -0.15) is 0 Å². The Balaban J connectivity index is 2.35. The van der Waals surface area contributed by atoms with E-state index in [1.165, 1.54) is 18.2 Å². The zero-order valence-corrected chi connectivity index (χ0v) is 11.0. The molecule has 1 nitrogen and oxygen atoms in total. The highest BCUT2D eigenvalue weighted by Crippen LogP contribution is 2.28. The first-order valence-electron chi connectivity index (χ1n) is 5.81. The molecule has 0 fully saturated rings. The largest absolute Gasteiger partial charge is 0.384 e. The second kappa shape index (κ2) is 5.68. The van der Waals surface area contributed by atoms with E-state index >= 15 is 0 Å². The Bertz CT molecular complexity index is 584. The van der Waals surface area contributed by atoms with Gasteiger partial charge in [0, 0.05) is 10.6 Å². The Kier molecular flexibility index (Phi) is 4.17. The maximum Gasteiger partial charge on any atom is 0.263 e. The van der Waals surface area contributed by atoms with Crippen LogP contribution in [0, 0.1) is 6.92 Å². The average Bonchev–Trinajstić information content (AvgIpc) is 2.41. The number of alkyl halides is 2. The molecule has 0 aromatic heterocycles. The van der Waals surface area contributed by atoms with Crippen molar-refractivity contribution in [3.63, 3.8) is 0 Å². The summed E-state index contributed by atoms with van der Waals surface area (Å²) in [5.41, 5.74) is 1.81. The lowest BCUT2D eigenvalue weighted by Gasteiger charge is -2.13. The standard InChI is InChI=1S/C15H13ClF2O/c1-9-5-6-11(8-13(9)16)14(19)10-3-2-4-12(7-10)15(17)18/h2-8,14-15,19H,1H3. The molecule has 19 heavy (non-hydrogen) atoms. The fraction of sp³-hybridized carbons (Fsp3) is 0.200. The maximum absolute atomic E-state index is 12.6. The first-order valence-corrected chi connectivity index (χ1v) is 6.19. The monoisotopic (exact) mass is 282 g/mol. The van der Waals surface area contributed by atoms with E-state index in [0.29, 0.717) is 16.1 Å². The van der Waals surface area contributed by atoms with Gasteiger partial charge in [-0.15, -0.1) is 0 Å². The Morgan fingerprint density at radius 1 is 1.00 bits per heavy atom. The SMILES string of the molecule is Cc1ccc(C(O)c2cccc(C(F)F)c2)cc1Cl. The summed E-state index contributed by atoms with van der Waals surface area (Å²) in [6, 6.07) is 10.9. The number of benzene rings is 2. The molecule has 0 aliphatic rings. The third kappa shape index (κ3) is 3.11. The molecule has 0 amide bonds. The van der Waals surface area contributed by atoms with E-state index in [1.54, 1.807) is 24.3 Å². The van der Waals surface area contributed by atoms with Gasteiger partial charge in [0.15, 0.2) is 0 Å². The van der Waals surface area contributed by atoms with Crippen molar-refractivity contribution in [2.24, 2.45) is 0 Å². The van der Waals surface area contributed by atoms with Gasteiger partial charge in [0.05, 0.1) is 0 Å². The number of aryl methyl sites for hydroxylation is 1. The van der Waals surface area contributed by atoms with Gasteiger partial charge in [0.2, 0.25) is 0 Å². The topological polar surface area (TPSA) is 20.2 Å². The molecule has 1 N–H and O–H groups in total. The van der Waals surface area contributed by atoms with Crippen molar-refractivity contribution < 1.29 is 13.9 Å². The number of aliphatic hydroxyl groups excluding tert-OH is 1. The molecule has 0 heterocycles. The van der Waals surface area contributed by atoms with Gasteiger partial charge in [-0.05, 0) is 35.7 Å². The van der Waals surface area contributed by atoms with Crippen molar-refractivity contribution in [2.45, 2.75) is 19.5 Å². The van der Waals surface area contributed by atoms with E-state index in [9.17, 15) is 13.9 Å². The van der Waals surface area contributed by atoms with Crippen molar-refractivity contribution in [2.75, 3.05) is 0 Å². The summed E-state index contributed by atoms with van der Waals surface area (Å²) in [5, 5.41) is 10.8. The Morgan fingerprint density at radius 3 is 2.26 bits per heavy atom. The van der Waals surface area contributed by atoms with Crippen LogP contribution < -0.4 is 0 Å². The Hall–Kier alpha value is -1.45. The minimum atomic E-state index is -2.55. The molecule has 0 radical (unpaired) electrons. The zero-order valence-electron chi connectivity index (χ0n) is 10.3. The molecule has 100 valence electrons. The van der Waals surface area contributed by atoms with E-state index in [-0.39, 0.29) is 5.56 Å². The van der Waals surface area contributed by atoms with E-state index in [4.69, 9.17) is 11.6 Å². The maximum atomic E-state index is 12.6. The highest BCUT2D eigenvalue weighted by Gasteiger charge is 2.14. The van der Waals surface area contributed by atoms with E-state index < -0.39 is 12.5 Å². The lowest BCUT2D eigenvalue weighted by molar-refractivity contribution is 0.150. The van der Waals surface area contributed by atoms with Crippen LogP contribution in [0.2, 0.25) is 5.02 Å². The Morgan fingerprint density at radius 2 is 1.63 bits per heavy atom. The predicted octanol–water partition coefficient (Wildman–Crippen LogP) is 4.67. The third-order valence-electron chi connectivity index (χ3n) is 2.99. The van der Waals surface area contributed by atoms with Gasteiger partial charge in [0.25, 0.3) is 6.43 Å². The summed E-state index contributed by atoms with van der Waals surface area (Å²) in [5.74, 6) is 0. The van der Waals surface area contributed by atoms with E-state index in [1.807, 2.05) is 6.92 Å². The summed E-state index contributed by atoms with van der Waals surface area (Å²) in [7, 11) is 0. The molecule has 0 spiro atoms. The van der Waals surface area contributed by atoms with Crippen LogP contribution in [0.4, 0.5) is 8.78 Å². The van der Waals surface area contributed by atoms with Crippen LogP contribution in [0.25, 0.3) is 0 Å². The molecule has 0 bridgehead atoms. The van der Waals surface area contributed by atoms with Crippen molar-refractivity contribution >= 4 is 11.6 Å². The minimum Gasteiger partial charge on any atom is -0.384 e. The fourth-order valence-corrected chi connectivity index (χ4v) is 2.03. The van der Waals surface area contributed by atoms with Crippen LogP contribution >= 0.6 is 11.6 Å². The molecule has 0 aliphatic heterocycles. The van der Waals surface area contributed by atoms with Gasteiger partial charge in [0.1, 0.15) is 6.10 Å². The van der Waals surface area contributed by atoms with Gasteiger partial charge in [-0.3, -0.25) is 0 Å². The number of rotatable bonds is 3. The highest BCUT2D eigenvalue weighted by molar-refractivity contribution is 6.31. The lowest BCUT2D eigenvalue weighted by Crippen LogP contribution is -2.01. The molecule has 2 aromatic rings. The van der Waals surface area contributed by atoms with Crippen molar-refractivity contribution in [1.29, 1.82) is 0 Å². The van der Waals surface area contributed by atoms with Gasteiger partial charge in [-0.1, -0.05) is 41.9 Å². The van der Waals surface area contributed by atoms with Gasteiger partial charge >= 0.3 is 0 Å². The van der Waals surface area contributed by atoms with Crippen LogP contribution in [0.3, 0.4) is 0 Å². The third-order valence-corrected chi connectivity index (χ3v) is 3.40. The van der Waals surface area contributed by atoms with Crippen LogP contribution in [0.5, 0.6) is 0 Å². The van der Waals surface area contributed by atoms with Gasteiger partial charge < -0.3 is 5.11 Å². The van der Waals surface area contributed by atoms with Crippen molar-refractivity contribution in [3.8, 4) is 0 Å². The second-order valence-corrected chi connectivity index (χ2v) is 4.79. The molecule has 4 heteroatoms. The number of hydrogen-bond donors (Lipinski definition) is 1. The minimum absolute atomic E-state index is 0.102. The van der Waals surface area contributed by atoms with Crippen LogP contribution in [-0.2, 0) is 0 Å². The molecule has 0 aliphatic carbocycles. The first kappa shape index (κ1) is 14.0. The quantitative estimate of drug-likeness (QED) is 0.867. The predicted molar refractivity (Wildman–Crippen MR) is 71.6 cm³/mol. The zero-order chi connectivity index (χ0) is 14.0. The molecular formula is C15H13ClF2O. The summed E-state index contributed by atoms with van der Waals surface area (Å²) < 4.78 is 25.3. The summed E-state index contributed by atoms with van der Waals surface area (Å²) in [4.78, 5) is 0. The summed E-state index contributed by atoms with van der Waals surface area (Å²) >= 11 is 6.00. The van der Waals surface area contributed by atoms with Crippen LogP contribution in [0.1, 0.15) is 34.8 Å². The average molecular weight is 283 g/mol. The van der Waals surface area contributed by atoms with E-state index in [0.717, 1.165) is 5.56 Å². The molecule has 2 rings (SSSR count). The van der Waals surface area contributed by atoms with Crippen molar-refractivity contribution in [1.82, 2.24) is 0 Å². The lowest BCUT2D eigenvalue weighted by atomic mass is 9.99. The fourth-order valence-electron chi connectivity index (χ4n) is 1.84. The smallest absolute Gasteiger partial charge is 0.263 e. The summed E-state index contributed by atoms with van der Waals surface area (Å²) in [6.07, 6.45) is -3.51.